The van der Waals surface area contributed by atoms with E-state index in [9.17, 15) is 4.79 Å². The number of hydrogen-bond donors (Lipinski definition) is 2. The molecule has 140 valence electrons. The van der Waals surface area contributed by atoms with Crippen molar-refractivity contribution in [3.63, 3.8) is 0 Å². The number of para-hydroxylation sites is 2. The SMILES string of the molecule is COc1ccc(SC2C3=C(CNc4ccccc4N3)C(=O)CC2(C)C)cc1. The highest BCUT2D eigenvalue weighted by molar-refractivity contribution is 8.00. The lowest BCUT2D eigenvalue weighted by Gasteiger charge is -2.40. The molecule has 0 radical (unpaired) electrons. The maximum Gasteiger partial charge on any atom is 0.163 e. The van der Waals surface area contributed by atoms with Gasteiger partial charge in [0.1, 0.15) is 5.75 Å². The second-order valence-electron chi connectivity index (χ2n) is 7.68. The Hall–Kier alpha value is -2.40. The lowest BCUT2D eigenvalue weighted by molar-refractivity contribution is -0.117. The molecule has 0 saturated carbocycles. The molecule has 0 saturated heterocycles. The normalized spacial score (nSPS) is 20.7. The molecule has 1 aliphatic carbocycles. The molecular formula is C22H24N2O2S. The Bertz CT molecular complexity index is 903. The van der Waals surface area contributed by atoms with Crippen molar-refractivity contribution in [1.82, 2.24) is 0 Å². The second kappa shape index (κ2) is 6.97. The van der Waals surface area contributed by atoms with Crippen LogP contribution in [-0.2, 0) is 4.79 Å². The molecule has 2 aromatic rings. The average Bonchev–Trinajstić information content (AvgIpc) is 2.85. The molecule has 4 rings (SSSR count). The molecule has 2 N–H and O–H groups in total. The molecule has 0 fully saturated rings. The lowest BCUT2D eigenvalue weighted by atomic mass is 9.75. The average molecular weight is 381 g/mol. The third kappa shape index (κ3) is 3.44. The molecule has 27 heavy (non-hydrogen) atoms. The predicted molar refractivity (Wildman–Crippen MR) is 112 cm³/mol. The van der Waals surface area contributed by atoms with Crippen LogP contribution in [0.25, 0.3) is 0 Å². The van der Waals surface area contributed by atoms with E-state index in [1.807, 2.05) is 30.3 Å². The third-order valence-corrected chi connectivity index (χ3v) is 6.87. The molecule has 0 aromatic heterocycles. The predicted octanol–water partition coefficient (Wildman–Crippen LogP) is 4.95. The minimum Gasteiger partial charge on any atom is -0.497 e. The molecule has 0 amide bonds. The Kier molecular flexibility index (Phi) is 4.64. The zero-order valence-corrected chi connectivity index (χ0v) is 16.7. The molecule has 5 heteroatoms. The highest BCUT2D eigenvalue weighted by Gasteiger charge is 2.43. The zero-order chi connectivity index (χ0) is 19.0. The Morgan fingerprint density at radius 3 is 2.48 bits per heavy atom. The lowest BCUT2D eigenvalue weighted by Crippen LogP contribution is -2.40. The number of thioether (sulfide) groups is 1. The van der Waals surface area contributed by atoms with E-state index in [1.165, 1.54) is 4.90 Å². The summed E-state index contributed by atoms with van der Waals surface area (Å²) in [6.45, 7) is 4.93. The number of fused-ring (bicyclic) bond motifs is 1. The second-order valence-corrected chi connectivity index (χ2v) is 8.86. The summed E-state index contributed by atoms with van der Waals surface area (Å²) >= 11 is 1.81. The summed E-state index contributed by atoms with van der Waals surface area (Å²) in [6, 6.07) is 16.2. The van der Waals surface area contributed by atoms with Gasteiger partial charge in [0.15, 0.2) is 5.78 Å². The van der Waals surface area contributed by atoms with Crippen LogP contribution in [0.2, 0.25) is 0 Å². The van der Waals surface area contributed by atoms with E-state index < -0.39 is 0 Å². The quantitative estimate of drug-likeness (QED) is 0.789. The van der Waals surface area contributed by atoms with Gasteiger partial charge >= 0.3 is 0 Å². The molecule has 1 aliphatic heterocycles. The fourth-order valence-corrected chi connectivity index (χ4v) is 5.02. The summed E-state index contributed by atoms with van der Waals surface area (Å²) in [5.74, 6) is 1.08. The first-order valence-corrected chi connectivity index (χ1v) is 10.0. The van der Waals surface area contributed by atoms with Gasteiger partial charge in [-0.1, -0.05) is 26.0 Å². The number of carbonyl (C=O) groups is 1. The largest absolute Gasteiger partial charge is 0.497 e. The summed E-state index contributed by atoms with van der Waals surface area (Å²) in [5.41, 5.74) is 3.82. The van der Waals surface area contributed by atoms with Crippen molar-refractivity contribution in [2.24, 2.45) is 5.41 Å². The molecule has 0 bridgehead atoms. The first-order chi connectivity index (χ1) is 13.0. The fourth-order valence-electron chi connectivity index (χ4n) is 3.73. The molecule has 1 atom stereocenters. The highest BCUT2D eigenvalue weighted by Crippen LogP contribution is 2.48. The summed E-state index contributed by atoms with van der Waals surface area (Å²) in [7, 11) is 1.68. The molecule has 1 heterocycles. The summed E-state index contributed by atoms with van der Waals surface area (Å²) in [6.07, 6.45) is 0.555. The van der Waals surface area contributed by atoms with Gasteiger partial charge in [-0.05, 0) is 41.8 Å². The van der Waals surface area contributed by atoms with Gasteiger partial charge in [-0.2, -0.15) is 0 Å². The van der Waals surface area contributed by atoms with E-state index in [0.29, 0.717) is 13.0 Å². The van der Waals surface area contributed by atoms with E-state index in [0.717, 1.165) is 28.4 Å². The van der Waals surface area contributed by atoms with Crippen LogP contribution < -0.4 is 15.4 Å². The van der Waals surface area contributed by atoms with Crippen molar-refractivity contribution < 1.29 is 9.53 Å². The topological polar surface area (TPSA) is 50.4 Å². The van der Waals surface area contributed by atoms with Gasteiger partial charge in [-0.15, -0.1) is 11.8 Å². The van der Waals surface area contributed by atoms with Gasteiger partial charge in [0, 0.05) is 29.1 Å². The monoisotopic (exact) mass is 380 g/mol. The van der Waals surface area contributed by atoms with Gasteiger partial charge in [0.05, 0.1) is 23.7 Å². The minimum atomic E-state index is -0.146. The number of carbonyl (C=O) groups excluding carboxylic acids is 1. The highest BCUT2D eigenvalue weighted by atomic mass is 32.2. The standard InChI is InChI=1S/C22H24N2O2S/c1-22(2)12-19(25)16-13-23-17-6-4-5-7-18(17)24-20(16)21(22)27-15-10-8-14(26-3)9-11-15/h4-11,21,23-24H,12-13H2,1-3H3. The van der Waals surface area contributed by atoms with E-state index >= 15 is 0 Å². The Morgan fingerprint density at radius 1 is 1.07 bits per heavy atom. The first-order valence-electron chi connectivity index (χ1n) is 9.15. The first kappa shape index (κ1) is 18.0. The molecule has 2 aromatic carbocycles. The number of Topliss-reactive ketones (excluding diaryl/α,β-unsaturated/α-hetero) is 1. The van der Waals surface area contributed by atoms with Crippen LogP contribution in [-0.4, -0.2) is 24.7 Å². The number of nitrogens with one attached hydrogen (secondary N) is 2. The summed E-state index contributed by atoms with van der Waals surface area (Å²) < 4.78 is 5.27. The maximum absolute atomic E-state index is 12.9. The van der Waals surface area contributed by atoms with Crippen LogP contribution in [0.4, 0.5) is 11.4 Å². The van der Waals surface area contributed by atoms with Gasteiger partial charge in [-0.3, -0.25) is 4.79 Å². The van der Waals surface area contributed by atoms with Gasteiger partial charge in [-0.25, -0.2) is 0 Å². The number of hydrogen-bond acceptors (Lipinski definition) is 5. The van der Waals surface area contributed by atoms with Crippen LogP contribution in [0, 0.1) is 5.41 Å². The van der Waals surface area contributed by atoms with Crippen molar-refractivity contribution in [3.05, 3.63) is 59.8 Å². The van der Waals surface area contributed by atoms with E-state index in [2.05, 4.69) is 42.7 Å². The number of methoxy groups -OCH3 is 1. The smallest absolute Gasteiger partial charge is 0.163 e. The van der Waals surface area contributed by atoms with E-state index in [1.54, 1.807) is 18.9 Å². The van der Waals surface area contributed by atoms with E-state index in [-0.39, 0.29) is 16.4 Å². The minimum absolute atomic E-state index is 0.146. The molecular weight excluding hydrogens is 356 g/mol. The van der Waals surface area contributed by atoms with Crippen LogP contribution in [0.5, 0.6) is 5.75 Å². The Balaban J connectivity index is 1.72. The van der Waals surface area contributed by atoms with Crippen LogP contribution in [0.3, 0.4) is 0 Å². The van der Waals surface area contributed by atoms with Crippen molar-refractivity contribution in [1.29, 1.82) is 0 Å². The van der Waals surface area contributed by atoms with Crippen molar-refractivity contribution in [3.8, 4) is 5.75 Å². The molecule has 1 unspecified atom stereocenters. The number of anilines is 2. The number of benzene rings is 2. The zero-order valence-electron chi connectivity index (χ0n) is 15.8. The number of ether oxygens (including phenoxy) is 1. The van der Waals surface area contributed by atoms with Crippen molar-refractivity contribution in [2.75, 3.05) is 24.3 Å². The molecule has 2 aliphatic rings. The van der Waals surface area contributed by atoms with Crippen molar-refractivity contribution >= 4 is 28.9 Å². The number of ketones is 1. The van der Waals surface area contributed by atoms with Gasteiger partial charge in [0.25, 0.3) is 0 Å². The summed E-state index contributed by atoms with van der Waals surface area (Å²) in [5, 5.41) is 7.16. The van der Waals surface area contributed by atoms with Crippen LogP contribution >= 0.6 is 11.8 Å². The van der Waals surface area contributed by atoms with Crippen molar-refractivity contribution in [2.45, 2.75) is 30.4 Å². The van der Waals surface area contributed by atoms with Crippen LogP contribution in [0.15, 0.2) is 64.7 Å². The fraction of sp³-hybridized carbons (Fsp3) is 0.318. The molecule has 4 nitrogen and oxygen atoms in total. The third-order valence-electron chi connectivity index (χ3n) is 5.22. The van der Waals surface area contributed by atoms with E-state index in [4.69, 9.17) is 4.74 Å². The maximum atomic E-state index is 12.9. The van der Waals surface area contributed by atoms with Crippen LogP contribution in [0.1, 0.15) is 20.3 Å². The summed E-state index contributed by atoms with van der Waals surface area (Å²) in [4.78, 5) is 14.0. The Labute approximate surface area is 164 Å². The molecule has 0 spiro atoms. The van der Waals surface area contributed by atoms with Gasteiger partial charge in [0.2, 0.25) is 0 Å². The Morgan fingerprint density at radius 2 is 1.78 bits per heavy atom. The number of rotatable bonds is 3. The van der Waals surface area contributed by atoms with Gasteiger partial charge < -0.3 is 15.4 Å².